The lowest BCUT2D eigenvalue weighted by Crippen LogP contribution is -2.25. The summed E-state index contributed by atoms with van der Waals surface area (Å²) in [5.74, 6) is -0.488. The number of nitriles is 1. The Hall–Kier alpha value is -2.16. The van der Waals surface area contributed by atoms with Gasteiger partial charge in [0.1, 0.15) is 12.2 Å². The summed E-state index contributed by atoms with van der Waals surface area (Å²) in [6.45, 7) is -0.0837. The molecule has 0 saturated heterocycles. The fourth-order valence-corrected chi connectivity index (χ4v) is 0.681. The Morgan fingerprint density at radius 1 is 1.69 bits per heavy atom. The molecule has 0 bridgehead atoms. The summed E-state index contributed by atoms with van der Waals surface area (Å²) >= 11 is 0. The summed E-state index contributed by atoms with van der Waals surface area (Å²) in [6, 6.07) is 4.22. The number of hydrogen-bond donors (Lipinski definition) is 2. The van der Waals surface area contributed by atoms with E-state index in [1.54, 1.807) is 6.07 Å². The lowest BCUT2D eigenvalue weighted by atomic mass is 10.4. The summed E-state index contributed by atoms with van der Waals surface area (Å²) in [7, 11) is 0. The van der Waals surface area contributed by atoms with Crippen LogP contribution in [0.3, 0.4) is 0 Å². The van der Waals surface area contributed by atoms with E-state index in [0.717, 1.165) is 0 Å². The molecule has 6 heteroatoms. The van der Waals surface area contributed by atoms with Crippen LogP contribution < -0.4 is 10.9 Å². The molecule has 1 rings (SSSR count). The summed E-state index contributed by atoms with van der Waals surface area (Å²) in [4.78, 5) is 21.6. The van der Waals surface area contributed by atoms with E-state index in [1.807, 2.05) is 0 Å². The number of rotatable bonds is 2. The van der Waals surface area contributed by atoms with E-state index in [1.165, 1.54) is 12.1 Å². The molecule has 66 valence electrons. The Morgan fingerprint density at radius 3 is 3.00 bits per heavy atom. The van der Waals surface area contributed by atoms with Crippen LogP contribution in [-0.4, -0.2) is 22.6 Å². The van der Waals surface area contributed by atoms with Crippen LogP contribution in [0.25, 0.3) is 0 Å². The first kappa shape index (κ1) is 8.93. The predicted molar refractivity (Wildman–Crippen MR) is 42.8 cm³/mol. The minimum Gasteiger partial charge on any atom is -0.338 e. The molecule has 0 aliphatic rings. The van der Waals surface area contributed by atoms with Crippen LogP contribution in [0.2, 0.25) is 0 Å². The Morgan fingerprint density at radius 2 is 2.46 bits per heavy atom. The second-order valence-electron chi connectivity index (χ2n) is 2.15. The van der Waals surface area contributed by atoms with Crippen molar-refractivity contribution in [2.75, 3.05) is 6.54 Å². The molecule has 0 aromatic carbocycles. The van der Waals surface area contributed by atoms with Crippen molar-refractivity contribution in [3.05, 3.63) is 28.2 Å². The van der Waals surface area contributed by atoms with Gasteiger partial charge in [-0.1, -0.05) is 0 Å². The Kier molecular flexibility index (Phi) is 2.76. The van der Waals surface area contributed by atoms with Crippen molar-refractivity contribution in [1.82, 2.24) is 15.5 Å². The molecule has 0 unspecified atom stereocenters. The zero-order chi connectivity index (χ0) is 9.68. The molecule has 0 fully saturated rings. The zero-order valence-electron chi connectivity index (χ0n) is 6.57. The standard InChI is InChI=1S/C7H6N4O2/c8-3-4-9-7(13)5-1-2-6(12)11-10-5/h1-2H,4H2,(H,9,13)(H,11,12). The molecular weight excluding hydrogens is 172 g/mol. The van der Waals surface area contributed by atoms with Crippen LogP contribution in [0.4, 0.5) is 0 Å². The summed E-state index contributed by atoms with van der Waals surface area (Å²) in [5, 5.41) is 16.0. The monoisotopic (exact) mass is 178 g/mol. The van der Waals surface area contributed by atoms with Gasteiger partial charge in [-0.15, -0.1) is 0 Å². The van der Waals surface area contributed by atoms with Gasteiger partial charge in [0, 0.05) is 6.07 Å². The summed E-state index contributed by atoms with van der Waals surface area (Å²) < 4.78 is 0. The van der Waals surface area contributed by atoms with Crippen molar-refractivity contribution in [2.24, 2.45) is 0 Å². The van der Waals surface area contributed by atoms with E-state index in [2.05, 4.69) is 15.5 Å². The van der Waals surface area contributed by atoms with E-state index >= 15 is 0 Å². The maximum Gasteiger partial charge on any atom is 0.272 e. The van der Waals surface area contributed by atoms with Crippen LogP contribution in [0.5, 0.6) is 0 Å². The van der Waals surface area contributed by atoms with Gasteiger partial charge in [-0.25, -0.2) is 5.10 Å². The predicted octanol–water partition coefficient (Wildman–Crippen LogP) is -0.977. The topological polar surface area (TPSA) is 98.6 Å². The normalized spacial score (nSPS) is 8.85. The summed E-state index contributed by atoms with van der Waals surface area (Å²) in [5.41, 5.74) is -0.299. The lowest BCUT2D eigenvalue weighted by molar-refractivity contribution is 0.0952. The smallest absolute Gasteiger partial charge is 0.272 e. The van der Waals surface area contributed by atoms with Gasteiger partial charge in [0.2, 0.25) is 0 Å². The minimum absolute atomic E-state index is 0.0786. The van der Waals surface area contributed by atoms with Crippen LogP contribution >= 0.6 is 0 Å². The molecule has 13 heavy (non-hydrogen) atoms. The molecular formula is C7H6N4O2. The SMILES string of the molecule is N#CCNC(=O)c1ccc(=O)[nH]n1. The van der Waals surface area contributed by atoms with Crippen molar-refractivity contribution in [2.45, 2.75) is 0 Å². The Bertz CT molecular complexity index is 383. The number of nitrogens with one attached hydrogen (secondary N) is 2. The molecule has 0 radical (unpaired) electrons. The highest BCUT2D eigenvalue weighted by Gasteiger charge is 2.04. The number of aromatic nitrogens is 2. The van der Waals surface area contributed by atoms with Crippen molar-refractivity contribution in [3.63, 3.8) is 0 Å². The van der Waals surface area contributed by atoms with Gasteiger partial charge in [0.15, 0.2) is 0 Å². The van der Waals surface area contributed by atoms with Gasteiger partial charge in [-0.2, -0.15) is 10.4 Å². The van der Waals surface area contributed by atoms with Crippen LogP contribution in [0.15, 0.2) is 16.9 Å². The molecule has 1 aromatic rings. The highest BCUT2D eigenvalue weighted by molar-refractivity contribution is 5.92. The molecule has 0 spiro atoms. The van der Waals surface area contributed by atoms with Gasteiger partial charge in [0.05, 0.1) is 6.07 Å². The summed E-state index contributed by atoms with van der Waals surface area (Å²) in [6.07, 6.45) is 0. The lowest BCUT2D eigenvalue weighted by Gasteiger charge is -1.97. The number of hydrogen-bond acceptors (Lipinski definition) is 4. The van der Waals surface area contributed by atoms with Crippen LogP contribution in [0.1, 0.15) is 10.5 Å². The first-order valence-electron chi connectivity index (χ1n) is 3.45. The van der Waals surface area contributed by atoms with Gasteiger partial charge in [0.25, 0.3) is 11.5 Å². The molecule has 2 N–H and O–H groups in total. The second-order valence-corrected chi connectivity index (χ2v) is 2.15. The van der Waals surface area contributed by atoms with Gasteiger partial charge in [-0.05, 0) is 6.07 Å². The molecule has 6 nitrogen and oxygen atoms in total. The van der Waals surface area contributed by atoms with E-state index in [9.17, 15) is 9.59 Å². The average Bonchev–Trinajstić information content (AvgIpc) is 2.15. The first-order chi connectivity index (χ1) is 6.24. The third-order valence-corrected chi connectivity index (χ3v) is 1.24. The minimum atomic E-state index is -0.488. The highest BCUT2D eigenvalue weighted by atomic mass is 16.2. The fourth-order valence-electron chi connectivity index (χ4n) is 0.681. The molecule has 0 atom stereocenters. The Labute approximate surface area is 73.2 Å². The number of H-pyrrole nitrogens is 1. The quantitative estimate of drug-likeness (QED) is 0.569. The van der Waals surface area contributed by atoms with Crippen molar-refractivity contribution in [1.29, 1.82) is 5.26 Å². The molecule has 1 amide bonds. The maximum atomic E-state index is 11.1. The zero-order valence-corrected chi connectivity index (χ0v) is 6.57. The second kappa shape index (κ2) is 4.01. The number of carbonyl (C=O) groups excluding carboxylic acids is 1. The van der Waals surface area contributed by atoms with E-state index < -0.39 is 5.91 Å². The van der Waals surface area contributed by atoms with Crippen molar-refractivity contribution in [3.8, 4) is 6.07 Å². The maximum absolute atomic E-state index is 11.1. The number of nitrogens with zero attached hydrogens (tertiary/aromatic N) is 2. The van der Waals surface area contributed by atoms with Crippen molar-refractivity contribution < 1.29 is 4.79 Å². The van der Waals surface area contributed by atoms with Crippen molar-refractivity contribution >= 4 is 5.91 Å². The van der Waals surface area contributed by atoms with Gasteiger partial charge in [-0.3, -0.25) is 9.59 Å². The van der Waals surface area contributed by atoms with E-state index in [0.29, 0.717) is 0 Å². The highest BCUT2D eigenvalue weighted by Crippen LogP contribution is 1.86. The molecule has 0 aliphatic carbocycles. The molecule has 1 heterocycles. The van der Waals surface area contributed by atoms with Crippen LogP contribution in [-0.2, 0) is 0 Å². The van der Waals surface area contributed by atoms with Crippen LogP contribution in [0, 0.1) is 11.3 Å². The molecule has 1 aromatic heterocycles. The average molecular weight is 178 g/mol. The molecule has 0 saturated carbocycles. The van der Waals surface area contributed by atoms with Gasteiger partial charge >= 0.3 is 0 Å². The number of carbonyl (C=O) groups is 1. The van der Waals surface area contributed by atoms with Gasteiger partial charge < -0.3 is 5.32 Å². The Balaban J connectivity index is 2.73. The number of amides is 1. The van der Waals surface area contributed by atoms with E-state index in [4.69, 9.17) is 5.26 Å². The third-order valence-electron chi connectivity index (χ3n) is 1.24. The number of aromatic amines is 1. The van der Waals surface area contributed by atoms with E-state index in [-0.39, 0.29) is 17.8 Å². The molecule has 0 aliphatic heterocycles. The third kappa shape index (κ3) is 2.41. The fraction of sp³-hybridized carbons (Fsp3) is 0.143. The largest absolute Gasteiger partial charge is 0.338 e. The first-order valence-corrected chi connectivity index (χ1v) is 3.45.